The minimum atomic E-state index is -3.89. The molecule has 0 aliphatic rings. The molecule has 1 N–H and O–H groups in total. The zero-order valence-electron chi connectivity index (χ0n) is 17.2. The van der Waals surface area contributed by atoms with Crippen LogP contribution < -0.4 is 0 Å². The van der Waals surface area contributed by atoms with Gasteiger partial charge in [0.25, 0.3) is 0 Å². The molecule has 0 fully saturated rings. The van der Waals surface area contributed by atoms with Gasteiger partial charge in [0.15, 0.2) is 0 Å². The van der Waals surface area contributed by atoms with Crippen LogP contribution in [0.2, 0.25) is 0 Å². The van der Waals surface area contributed by atoms with Gasteiger partial charge in [-0.15, -0.1) is 0 Å². The second-order valence-electron chi connectivity index (χ2n) is 6.63. The molecule has 0 saturated carbocycles. The highest BCUT2D eigenvalue weighted by Gasteiger charge is 2.24. The van der Waals surface area contributed by atoms with Crippen molar-refractivity contribution >= 4 is 18.6 Å². The Morgan fingerprint density at radius 1 is 0.880 bits per heavy atom. The molecule has 0 amide bonds. The van der Waals surface area contributed by atoms with Crippen LogP contribution >= 0.6 is 7.82 Å². The van der Waals surface area contributed by atoms with Crippen LogP contribution in [0.5, 0.6) is 0 Å². The van der Waals surface area contributed by atoms with Gasteiger partial charge in [0.1, 0.15) is 0 Å². The average Bonchev–Trinajstić information content (AvgIpc) is 2.54. The Kier molecular flexibility index (Phi) is 19.4. The Balaban J connectivity index is 0. The summed E-state index contributed by atoms with van der Waals surface area (Å²) < 4.78 is 31.8. The highest BCUT2D eigenvalue weighted by atomic mass is 32.2. The second-order valence-corrected chi connectivity index (χ2v) is 9.57. The Hall–Kier alpha value is 0.260. The highest BCUT2D eigenvalue weighted by molar-refractivity contribution is 7.83. The van der Waals surface area contributed by atoms with E-state index in [-0.39, 0.29) is 0 Å². The van der Waals surface area contributed by atoms with E-state index in [0.717, 1.165) is 51.4 Å². The first kappa shape index (κ1) is 27.5. The van der Waals surface area contributed by atoms with Crippen molar-refractivity contribution in [1.82, 2.24) is 0 Å². The molecule has 0 saturated heterocycles. The molecule has 0 aromatic carbocycles. The van der Waals surface area contributed by atoms with Crippen molar-refractivity contribution < 1.29 is 22.7 Å². The number of hydrogen-bond donors (Lipinski definition) is 1. The smallest absolute Gasteiger partial charge is 0.302 e. The first-order valence-corrected chi connectivity index (χ1v) is 13.0. The van der Waals surface area contributed by atoms with Gasteiger partial charge in [-0.2, -0.15) is 0 Å². The summed E-state index contributed by atoms with van der Waals surface area (Å²) in [5.74, 6) is 0.687. The monoisotopic (exact) mass is 400 g/mol. The maximum Gasteiger partial charge on any atom is 0.472 e. The summed E-state index contributed by atoms with van der Waals surface area (Å²) in [6.45, 7) is 9.10. The van der Waals surface area contributed by atoms with Crippen LogP contribution in [-0.2, 0) is 24.4 Å². The van der Waals surface area contributed by atoms with Gasteiger partial charge in [-0.25, -0.2) is 4.57 Å². The zero-order chi connectivity index (χ0) is 19.7. The topological polar surface area (TPSA) is 72.8 Å². The van der Waals surface area contributed by atoms with Crippen LogP contribution in [0.1, 0.15) is 79.1 Å². The Morgan fingerprint density at radius 3 is 1.44 bits per heavy atom. The maximum atomic E-state index is 11.9. The Morgan fingerprint density at radius 2 is 1.20 bits per heavy atom. The molecule has 0 aromatic heterocycles. The van der Waals surface area contributed by atoms with E-state index in [4.69, 9.17) is 9.05 Å². The van der Waals surface area contributed by atoms with Crippen molar-refractivity contribution in [2.24, 2.45) is 11.8 Å². The van der Waals surface area contributed by atoms with Gasteiger partial charge in [0, 0.05) is 23.3 Å². The number of phosphoric acid groups is 1. The lowest BCUT2D eigenvalue weighted by Crippen LogP contribution is -2.12. The number of hydrogen-bond acceptors (Lipinski definition) is 4. The van der Waals surface area contributed by atoms with Gasteiger partial charge in [-0.05, 0) is 24.7 Å². The van der Waals surface area contributed by atoms with E-state index in [1.54, 1.807) is 12.5 Å². The lowest BCUT2D eigenvalue weighted by molar-refractivity contribution is 0.110. The summed E-state index contributed by atoms with van der Waals surface area (Å²) in [5, 5.41) is 0. The van der Waals surface area contributed by atoms with E-state index >= 15 is 0 Å². The largest absolute Gasteiger partial charge is 0.472 e. The lowest BCUT2D eigenvalue weighted by atomic mass is 10.0. The minimum absolute atomic E-state index is 0.316. The maximum absolute atomic E-state index is 11.9. The molecule has 2 atom stereocenters. The normalized spacial score (nSPS) is 16.0. The van der Waals surface area contributed by atoms with Crippen molar-refractivity contribution in [3.63, 3.8) is 0 Å². The zero-order valence-corrected chi connectivity index (χ0v) is 18.9. The molecule has 5 nitrogen and oxygen atoms in total. The summed E-state index contributed by atoms with van der Waals surface area (Å²) in [7, 11) is -4.50. The Labute approximate surface area is 158 Å². The standard InChI is InChI=1S/C16H35O4P.C2H6OS/c1-5-9-11-15(7-3)13-19-21(17,18)20-14-16(8-4)12-10-6-2;1-4(2)3/h15-16H,5-14H2,1-4H3,(H,17,18);1-2H3. The molecule has 0 radical (unpaired) electrons. The highest BCUT2D eigenvalue weighted by Crippen LogP contribution is 2.44. The quantitative estimate of drug-likeness (QED) is 0.387. The third-order valence-electron chi connectivity index (χ3n) is 4.03. The van der Waals surface area contributed by atoms with Gasteiger partial charge in [0.2, 0.25) is 0 Å². The van der Waals surface area contributed by atoms with Gasteiger partial charge in [0.05, 0.1) is 13.2 Å². The molecule has 0 aromatic rings. The van der Waals surface area contributed by atoms with Crippen molar-refractivity contribution in [1.29, 1.82) is 0 Å². The molecule has 0 aliphatic carbocycles. The summed E-state index contributed by atoms with van der Waals surface area (Å²) in [5.41, 5.74) is 0. The van der Waals surface area contributed by atoms with Crippen molar-refractivity contribution in [2.75, 3.05) is 25.7 Å². The number of unbranched alkanes of at least 4 members (excludes halogenated alkanes) is 2. The van der Waals surface area contributed by atoms with Crippen LogP contribution in [0.25, 0.3) is 0 Å². The fraction of sp³-hybridized carbons (Fsp3) is 1.00. The van der Waals surface area contributed by atoms with E-state index in [0.29, 0.717) is 25.0 Å². The molecule has 0 spiro atoms. The van der Waals surface area contributed by atoms with Crippen LogP contribution in [-0.4, -0.2) is 34.8 Å². The molecular formula is C18H41O5PS. The fourth-order valence-corrected chi connectivity index (χ4v) is 3.11. The molecule has 0 aliphatic heterocycles. The molecule has 7 heteroatoms. The molecule has 0 heterocycles. The summed E-state index contributed by atoms with van der Waals surface area (Å²) >= 11 is 0. The minimum Gasteiger partial charge on any atom is -0.302 e. The average molecular weight is 401 g/mol. The summed E-state index contributed by atoms with van der Waals surface area (Å²) in [6, 6.07) is 0. The first-order chi connectivity index (χ1) is 11.7. The third kappa shape index (κ3) is 20.4. The van der Waals surface area contributed by atoms with E-state index in [1.807, 2.05) is 0 Å². The SMILES string of the molecule is CCCCC(CC)COP(=O)(O)OCC(CC)CCCC.CS(C)=O. The number of rotatable bonds is 14. The van der Waals surface area contributed by atoms with Gasteiger partial charge >= 0.3 is 7.82 Å². The van der Waals surface area contributed by atoms with Crippen LogP contribution in [0, 0.1) is 11.8 Å². The molecule has 0 bridgehead atoms. The van der Waals surface area contributed by atoms with Crippen molar-refractivity contribution in [3.8, 4) is 0 Å². The predicted molar refractivity (Wildman–Crippen MR) is 108 cm³/mol. The molecule has 154 valence electrons. The van der Waals surface area contributed by atoms with Crippen molar-refractivity contribution in [3.05, 3.63) is 0 Å². The summed E-state index contributed by atoms with van der Waals surface area (Å²) in [6.07, 6.45) is 11.8. The van der Waals surface area contributed by atoms with Crippen LogP contribution in [0.4, 0.5) is 0 Å². The molecular weight excluding hydrogens is 359 g/mol. The predicted octanol–water partition coefficient (Wildman–Crippen LogP) is 5.55. The third-order valence-corrected chi connectivity index (χ3v) is 4.98. The molecule has 2 unspecified atom stereocenters. The second kappa shape index (κ2) is 17.7. The van der Waals surface area contributed by atoms with Crippen LogP contribution in [0.3, 0.4) is 0 Å². The lowest BCUT2D eigenvalue weighted by Gasteiger charge is -2.20. The van der Waals surface area contributed by atoms with Crippen molar-refractivity contribution in [2.45, 2.75) is 79.1 Å². The van der Waals surface area contributed by atoms with Gasteiger partial charge < -0.3 is 4.89 Å². The fourth-order valence-electron chi connectivity index (χ4n) is 2.23. The molecule has 25 heavy (non-hydrogen) atoms. The van der Waals surface area contributed by atoms with Gasteiger partial charge in [-0.1, -0.05) is 66.2 Å². The van der Waals surface area contributed by atoms with Crippen LogP contribution in [0.15, 0.2) is 0 Å². The summed E-state index contributed by atoms with van der Waals surface area (Å²) in [4.78, 5) is 9.77. The number of phosphoric ester groups is 1. The van der Waals surface area contributed by atoms with E-state index in [9.17, 15) is 13.7 Å². The van der Waals surface area contributed by atoms with E-state index < -0.39 is 18.6 Å². The molecule has 0 rings (SSSR count). The first-order valence-electron chi connectivity index (χ1n) is 9.59. The van der Waals surface area contributed by atoms with E-state index in [2.05, 4.69) is 27.7 Å². The Bertz CT molecular complexity index is 337. The van der Waals surface area contributed by atoms with E-state index in [1.165, 1.54) is 0 Å². The van der Waals surface area contributed by atoms with Gasteiger partial charge in [-0.3, -0.25) is 13.3 Å².